The molecule has 88 valence electrons. The maximum atomic E-state index is 11.5. The molecule has 1 aromatic rings. The third kappa shape index (κ3) is 1.76. The fourth-order valence-corrected chi connectivity index (χ4v) is 1.82. The molecule has 2 rings (SSSR count). The maximum Gasteiger partial charge on any atom is 0.253 e. The lowest BCUT2D eigenvalue weighted by Gasteiger charge is -2.13. The second-order valence-electron chi connectivity index (χ2n) is 3.71. The van der Waals surface area contributed by atoms with Crippen LogP contribution < -0.4 is 5.56 Å². The molecule has 1 aromatic heterocycles. The van der Waals surface area contributed by atoms with Crippen LogP contribution >= 0.6 is 0 Å². The van der Waals surface area contributed by atoms with Gasteiger partial charge in [-0.1, -0.05) is 0 Å². The minimum Gasteiger partial charge on any atom is -0.394 e. The van der Waals surface area contributed by atoms with Crippen molar-refractivity contribution < 1.29 is 20.1 Å². The topological polar surface area (TPSA) is 103 Å². The van der Waals surface area contributed by atoms with Crippen LogP contribution in [0.1, 0.15) is 11.7 Å². The van der Waals surface area contributed by atoms with Gasteiger partial charge in [0.1, 0.15) is 24.4 Å². The van der Waals surface area contributed by atoms with E-state index < -0.39 is 31.0 Å². The lowest BCUT2D eigenvalue weighted by Crippen LogP contribution is -2.33. The van der Waals surface area contributed by atoms with Crippen molar-refractivity contribution in [2.45, 2.75) is 24.4 Å². The molecule has 0 spiro atoms. The van der Waals surface area contributed by atoms with Crippen molar-refractivity contribution in [1.29, 1.82) is 0 Å². The molecule has 1 saturated heterocycles. The molecule has 0 aliphatic carbocycles. The molecule has 1 aliphatic rings. The molecule has 4 atom stereocenters. The van der Waals surface area contributed by atoms with E-state index in [4.69, 9.17) is 9.84 Å². The van der Waals surface area contributed by atoms with E-state index >= 15 is 0 Å². The van der Waals surface area contributed by atoms with Crippen molar-refractivity contribution in [3.8, 4) is 0 Å². The molecular weight excluding hydrogens is 214 g/mol. The van der Waals surface area contributed by atoms with Crippen molar-refractivity contribution >= 4 is 0 Å². The van der Waals surface area contributed by atoms with Crippen molar-refractivity contribution in [2.24, 2.45) is 0 Å². The molecule has 6 nitrogen and oxygen atoms in total. The Morgan fingerprint density at radius 3 is 2.69 bits per heavy atom. The minimum atomic E-state index is -1.21. The summed E-state index contributed by atoms with van der Waals surface area (Å²) in [6.45, 7) is -0.403. The molecule has 1 fully saturated rings. The molecule has 0 radical (unpaired) electrons. The summed E-state index contributed by atoms with van der Waals surface area (Å²) in [7, 11) is 0. The van der Waals surface area contributed by atoms with Crippen LogP contribution in [0.15, 0.2) is 23.1 Å². The largest absolute Gasteiger partial charge is 0.394 e. The van der Waals surface area contributed by atoms with Crippen LogP contribution in [0.3, 0.4) is 0 Å². The van der Waals surface area contributed by atoms with E-state index in [-0.39, 0.29) is 11.1 Å². The highest BCUT2D eigenvalue weighted by molar-refractivity contribution is 5.16. The Kier molecular flexibility index (Phi) is 3.06. The molecule has 1 aliphatic heterocycles. The SMILES string of the molecule is O=c1[nH]cccc1C1OC(CO)[C@H](O)C1O. The molecule has 4 N–H and O–H groups in total. The number of rotatable bonds is 2. The third-order valence-electron chi connectivity index (χ3n) is 2.70. The molecule has 6 heteroatoms. The van der Waals surface area contributed by atoms with Crippen LogP contribution in [0, 0.1) is 0 Å². The first-order valence-corrected chi connectivity index (χ1v) is 4.95. The highest BCUT2D eigenvalue weighted by Crippen LogP contribution is 2.31. The van der Waals surface area contributed by atoms with E-state index in [1.54, 1.807) is 6.07 Å². The van der Waals surface area contributed by atoms with Crippen LogP contribution in [0.4, 0.5) is 0 Å². The van der Waals surface area contributed by atoms with Gasteiger partial charge in [-0.2, -0.15) is 0 Å². The van der Waals surface area contributed by atoms with Gasteiger partial charge >= 0.3 is 0 Å². The van der Waals surface area contributed by atoms with Crippen LogP contribution in [-0.2, 0) is 4.74 Å². The van der Waals surface area contributed by atoms with Crippen molar-refractivity contribution in [2.75, 3.05) is 6.61 Å². The van der Waals surface area contributed by atoms with Gasteiger partial charge in [-0.3, -0.25) is 4.79 Å². The van der Waals surface area contributed by atoms with Crippen LogP contribution in [0.2, 0.25) is 0 Å². The first-order chi connectivity index (χ1) is 7.65. The Morgan fingerprint density at radius 2 is 2.12 bits per heavy atom. The quantitative estimate of drug-likeness (QED) is 0.494. The third-order valence-corrected chi connectivity index (χ3v) is 2.70. The lowest BCUT2D eigenvalue weighted by atomic mass is 10.0. The first kappa shape index (κ1) is 11.3. The smallest absolute Gasteiger partial charge is 0.253 e. The summed E-state index contributed by atoms with van der Waals surface area (Å²) in [6.07, 6.45) is -2.69. The van der Waals surface area contributed by atoms with E-state index in [1.807, 2.05) is 0 Å². The van der Waals surface area contributed by atoms with Gasteiger partial charge in [0.25, 0.3) is 5.56 Å². The molecule has 16 heavy (non-hydrogen) atoms. The van der Waals surface area contributed by atoms with Gasteiger partial charge in [0.2, 0.25) is 0 Å². The van der Waals surface area contributed by atoms with Crippen molar-refractivity contribution in [1.82, 2.24) is 4.98 Å². The van der Waals surface area contributed by atoms with Gasteiger partial charge in [0.05, 0.1) is 6.61 Å². The molecule has 2 heterocycles. The van der Waals surface area contributed by atoms with Gasteiger partial charge in [-0.05, 0) is 12.1 Å². The normalized spacial score (nSPS) is 34.2. The average molecular weight is 227 g/mol. The summed E-state index contributed by atoms with van der Waals surface area (Å²) < 4.78 is 5.23. The number of ether oxygens (including phenoxy) is 1. The summed E-state index contributed by atoms with van der Waals surface area (Å²) in [5, 5.41) is 28.1. The number of aliphatic hydroxyl groups excluding tert-OH is 3. The minimum absolute atomic E-state index is 0.241. The Bertz CT molecular complexity index is 418. The summed E-state index contributed by atoms with van der Waals surface area (Å²) in [4.78, 5) is 13.9. The fraction of sp³-hybridized carbons (Fsp3) is 0.500. The van der Waals surface area contributed by atoms with E-state index in [2.05, 4.69) is 4.98 Å². The monoisotopic (exact) mass is 227 g/mol. The number of aromatic nitrogens is 1. The summed E-state index contributed by atoms with van der Waals surface area (Å²) >= 11 is 0. The van der Waals surface area contributed by atoms with Gasteiger partial charge in [-0.25, -0.2) is 0 Å². The standard InChI is InChI=1S/C10H13NO5/c12-4-6-7(13)8(14)9(16-6)5-2-1-3-11-10(5)15/h1-3,6-9,12-14H,4H2,(H,11,15)/t6?,7-,8?,9?/m0/s1. The second kappa shape index (κ2) is 4.34. The van der Waals surface area contributed by atoms with Gasteiger partial charge in [0, 0.05) is 11.8 Å². The number of pyridine rings is 1. The zero-order chi connectivity index (χ0) is 11.7. The zero-order valence-electron chi connectivity index (χ0n) is 8.41. The molecule has 0 bridgehead atoms. The Morgan fingerprint density at radius 1 is 1.38 bits per heavy atom. The molecule has 0 aromatic carbocycles. The highest BCUT2D eigenvalue weighted by Gasteiger charge is 2.43. The Hall–Kier alpha value is -1.21. The maximum absolute atomic E-state index is 11.5. The molecule has 3 unspecified atom stereocenters. The van der Waals surface area contributed by atoms with E-state index in [9.17, 15) is 15.0 Å². The van der Waals surface area contributed by atoms with Crippen LogP contribution in [0.25, 0.3) is 0 Å². The van der Waals surface area contributed by atoms with Gasteiger partial charge in [-0.15, -0.1) is 0 Å². The zero-order valence-corrected chi connectivity index (χ0v) is 8.41. The summed E-state index contributed by atoms with van der Waals surface area (Å²) in [5.74, 6) is 0. The van der Waals surface area contributed by atoms with Crippen molar-refractivity contribution in [3.63, 3.8) is 0 Å². The van der Waals surface area contributed by atoms with E-state index in [1.165, 1.54) is 12.3 Å². The van der Waals surface area contributed by atoms with Gasteiger partial charge in [0.15, 0.2) is 0 Å². The molecule has 0 amide bonds. The van der Waals surface area contributed by atoms with Crippen molar-refractivity contribution in [3.05, 3.63) is 34.2 Å². The summed E-state index contributed by atoms with van der Waals surface area (Å²) in [6, 6.07) is 3.12. The molecule has 0 saturated carbocycles. The Balaban J connectivity index is 2.30. The molecular formula is C10H13NO5. The number of hydrogen-bond donors (Lipinski definition) is 4. The second-order valence-corrected chi connectivity index (χ2v) is 3.71. The summed E-state index contributed by atoms with van der Waals surface area (Å²) in [5.41, 5.74) is -0.137. The van der Waals surface area contributed by atoms with Crippen LogP contribution in [-0.4, -0.2) is 45.2 Å². The van der Waals surface area contributed by atoms with Crippen LogP contribution in [0.5, 0.6) is 0 Å². The average Bonchev–Trinajstić information content (AvgIpc) is 2.57. The Labute approximate surface area is 91.1 Å². The number of aliphatic hydroxyl groups is 3. The van der Waals surface area contributed by atoms with E-state index in [0.29, 0.717) is 0 Å². The lowest BCUT2D eigenvalue weighted by molar-refractivity contribution is -0.0231. The first-order valence-electron chi connectivity index (χ1n) is 4.95. The number of aromatic amines is 1. The van der Waals surface area contributed by atoms with Gasteiger partial charge < -0.3 is 25.0 Å². The highest BCUT2D eigenvalue weighted by atomic mass is 16.6. The number of H-pyrrole nitrogens is 1. The predicted molar refractivity (Wildman–Crippen MR) is 53.8 cm³/mol. The van der Waals surface area contributed by atoms with E-state index in [0.717, 1.165) is 0 Å². The predicted octanol–water partition coefficient (Wildman–Crippen LogP) is -1.47. The number of hydrogen-bond acceptors (Lipinski definition) is 5. The fourth-order valence-electron chi connectivity index (χ4n) is 1.82. The number of nitrogens with one attached hydrogen (secondary N) is 1.